The molecule has 26 heavy (non-hydrogen) atoms. The van der Waals surface area contributed by atoms with Crippen LogP contribution in [-0.2, 0) is 4.79 Å². The van der Waals surface area contributed by atoms with Crippen LogP contribution in [-0.4, -0.2) is 37.7 Å². The molecular weight excluding hydrogens is 357 g/mol. The van der Waals surface area contributed by atoms with Gasteiger partial charge in [-0.25, -0.2) is 4.39 Å². The average molecular weight is 371 g/mol. The zero-order valence-electron chi connectivity index (χ0n) is 13.7. The highest BCUT2D eigenvalue weighted by molar-refractivity contribution is 7.99. The van der Waals surface area contributed by atoms with Crippen LogP contribution in [0.4, 0.5) is 10.1 Å². The SMILES string of the molecule is CC(=O)c1cccc(NC(=O)CSc2nnnn2-c2ccc(F)cc2)c1. The van der Waals surface area contributed by atoms with Gasteiger partial charge in [0.25, 0.3) is 0 Å². The minimum atomic E-state index is -0.358. The number of nitrogens with zero attached hydrogens (tertiary/aromatic N) is 4. The number of rotatable bonds is 6. The van der Waals surface area contributed by atoms with Crippen LogP contribution in [0.3, 0.4) is 0 Å². The van der Waals surface area contributed by atoms with Crippen LogP contribution in [0.5, 0.6) is 0 Å². The molecule has 1 aromatic heterocycles. The number of carbonyl (C=O) groups excluding carboxylic acids is 2. The molecule has 1 amide bonds. The normalized spacial score (nSPS) is 10.5. The molecule has 0 spiro atoms. The Kier molecular flexibility index (Phi) is 5.37. The minimum absolute atomic E-state index is 0.0750. The van der Waals surface area contributed by atoms with E-state index < -0.39 is 0 Å². The molecule has 2 aromatic carbocycles. The number of ketones is 1. The van der Waals surface area contributed by atoms with Gasteiger partial charge in [-0.2, -0.15) is 4.68 Å². The zero-order valence-corrected chi connectivity index (χ0v) is 14.5. The van der Waals surface area contributed by atoms with Crippen molar-refractivity contribution in [3.05, 3.63) is 59.9 Å². The lowest BCUT2D eigenvalue weighted by molar-refractivity contribution is -0.113. The van der Waals surface area contributed by atoms with Gasteiger partial charge in [-0.05, 0) is 53.7 Å². The number of tetrazole rings is 1. The van der Waals surface area contributed by atoms with Crippen LogP contribution < -0.4 is 5.32 Å². The monoisotopic (exact) mass is 371 g/mol. The third-order valence-electron chi connectivity index (χ3n) is 3.40. The number of thioether (sulfide) groups is 1. The summed E-state index contributed by atoms with van der Waals surface area (Å²) in [4.78, 5) is 23.5. The topological polar surface area (TPSA) is 89.8 Å². The van der Waals surface area contributed by atoms with Crippen molar-refractivity contribution in [1.82, 2.24) is 20.2 Å². The summed E-state index contributed by atoms with van der Waals surface area (Å²) in [6.45, 7) is 1.46. The molecular formula is C17H14FN5O2S. The first-order valence-corrected chi connectivity index (χ1v) is 8.59. The lowest BCUT2D eigenvalue weighted by Gasteiger charge is -2.07. The van der Waals surface area contributed by atoms with Gasteiger partial charge >= 0.3 is 0 Å². The van der Waals surface area contributed by atoms with E-state index >= 15 is 0 Å². The Hall–Kier alpha value is -3.07. The smallest absolute Gasteiger partial charge is 0.234 e. The van der Waals surface area contributed by atoms with Crippen molar-refractivity contribution < 1.29 is 14.0 Å². The lowest BCUT2D eigenvalue weighted by Crippen LogP contribution is -2.15. The van der Waals surface area contributed by atoms with Gasteiger partial charge in [-0.3, -0.25) is 9.59 Å². The fourth-order valence-electron chi connectivity index (χ4n) is 2.16. The van der Waals surface area contributed by atoms with E-state index in [1.165, 1.54) is 23.7 Å². The quantitative estimate of drug-likeness (QED) is 0.529. The van der Waals surface area contributed by atoms with Gasteiger partial charge in [0.15, 0.2) is 5.78 Å². The summed E-state index contributed by atoms with van der Waals surface area (Å²) in [5.74, 6) is -0.618. The van der Waals surface area contributed by atoms with Crippen LogP contribution in [0.15, 0.2) is 53.7 Å². The summed E-state index contributed by atoms with van der Waals surface area (Å²) in [7, 11) is 0. The summed E-state index contributed by atoms with van der Waals surface area (Å²) in [5, 5.41) is 14.5. The standard InChI is InChI=1S/C17H14FN5O2S/c1-11(24)12-3-2-4-14(9-12)19-16(25)10-26-17-20-21-22-23(17)15-7-5-13(18)6-8-15/h2-9H,10H2,1H3,(H,19,25). The summed E-state index contributed by atoms with van der Waals surface area (Å²) in [6, 6.07) is 12.4. The number of hydrogen-bond acceptors (Lipinski definition) is 6. The fourth-order valence-corrected chi connectivity index (χ4v) is 2.85. The van der Waals surface area contributed by atoms with Crippen molar-refractivity contribution in [2.75, 3.05) is 11.1 Å². The Morgan fingerprint density at radius 2 is 1.96 bits per heavy atom. The van der Waals surface area contributed by atoms with Crippen molar-refractivity contribution in [1.29, 1.82) is 0 Å². The van der Waals surface area contributed by atoms with E-state index in [1.807, 2.05) is 0 Å². The summed E-state index contributed by atoms with van der Waals surface area (Å²) >= 11 is 1.14. The average Bonchev–Trinajstić information content (AvgIpc) is 3.09. The van der Waals surface area contributed by atoms with Crippen LogP contribution in [0, 0.1) is 5.82 Å². The molecule has 0 atom stereocenters. The van der Waals surface area contributed by atoms with Crippen LogP contribution in [0.25, 0.3) is 5.69 Å². The zero-order chi connectivity index (χ0) is 18.5. The minimum Gasteiger partial charge on any atom is -0.325 e. The second kappa shape index (κ2) is 7.87. The largest absolute Gasteiger partial charge is 0.325 e. The van der Waals surface area contributed by atoms with Gasteiger partial charge in [-0.15, -0.1) is 5.10 Å². The van der Waals surface area contributed by atoms with E-state index in [1.54, 1.807) is 36.4 Å². The molecule has 3 aromatic rings. The molecule has 0 aliphatic rings. The first kappa shape index (κ1) is 17.7. The van der Waals surface area contributed by atoms with Crippen molar-refractivity contribution >= 4 is 29.1 Å². The number of amides is 1. The highest BCUT2D eigenvalue weighted by Crippen LogP contribution is 2.19. The molecule has 0 radical (unpaired) electrons. The Bertz CT molecular complexity index is 942. The van der Waals surface area contributed by atoms with Crippen LogP contribution >= 0.6 is 11.8 Å². The molecule has 0 saturated heterocycles. The van der Waals surface area contributed by atoms with Gasteiger partial charge in [0.1, 0.15) is 5.82 Å². The predicted octanol–water partition coefficient (Wildman–Crippen LogP) is 2.73. The van der Waals surface area contributed by atoms with E-state index in [4.69, 9.17) is 0 Å². The van der Waals surface area contributed by atoms with Crippen molar-refractivity contribution in [2.45, 2.75) is 12.1 Å². The Morgan fingerprint density at radius 1 is 1.19 bits per heavy atom. The van der Waals surface area contributed by atoms with Gasteiger partial charge in [0.05, 0.1) is 11.4 Å². The molecule has 3 rings (SSSR count). The number of aromatic nitrogens is 4. The summed E-state index contributed by atoms with van der Waals surface area (Å²) < 4.78 is 14.5. The number of halogens is 1. The summed E-state index contributed by atoms with van der Waals surface area (Å²) in [6.07, 6.45) is 0. The molecule has 0 fully saturated rings. The van der Waals surface area contributed by atoms with Crippen molar-refractivity contribution in [3.63, 3.8) is 0 Å². The van der Waals surface area contributed by atoms with Gasteiger partial charge in [0, 0.05) is 11.3 Å². The second-order valence-electron chi connectivity index (χ2n) is 5.32. The molecule has 9 heteroatoms. The van der Waals surface area contributed by atoms with Crippen LogP contribution in [0.1, 0.15) is 17.3 Å². The molecule has 132 valence electrons. The molecule has 0 aliphatic heterocycles. The molecule has 0 aliphatic carbocycles. The molecule has 0 bridgehead atoms. The third-order valence-corrected chi connectivity index (χ3v) is 4.32. The first-order valence-electron chi connectivity index (χ1n) is 7.61. The molecule has 1 N–H and O–H groups in total. The number of Topliss-reactive ketones (excluding diaryl/α,β-unsaturated/α-hetero) is 1. The lowest BCUT2D eigenvalue weighted by atomic mass is 10.1. The highest BCUT2D eigenvalue weighted by atomic mass is 32.2. The highest BCUT2D eigenvalue weighted by Gasteiger charge is 2.12. The van der Waals surface area contributed by atoms with E-state index in [2.05, 4.69) is 20.8 Å². The van der Waals surface area contributed by atoms with Gasteiger partial charge in [-0.1, -0.05) is 23.9 Å². The molecule has 1 heterocycles. The molecule has 0 saturated carbocycles. The molecule has 7 nitrogen and oxygen atoms in total. The van der Waals surface area contributed by atoms with Gasteiger partial charge in [0.2, 0.25) is 11.1 Å². The van der Waals surface area contributed by atoms with Crippen LogP contribution in [0.2, 0.25) is 0 Å². The van der Waals surface area contributed by atoms with E-state index in [0.29, 0.717) is 22.1 Å². The predicted molar refractivity (Wildman–Crippen MR) is 94.9 cm³/mol. The third kappa shape index (κ3) is 4.31. The Labute approximate surface area is 152 Å². The van der Waals surface area contributed by atoms with E-state index in [0.717, 1.165) is 11.8 Å². The number of anilines is 1. The maximum absolute atomic E-state index is 13.0. The first-order chi connectivity index (χ1) is 12.5. The van der Waals surface area contributed by atoms with Gasteiger partial charge < -0.3 is 5.32 Å². The Morgan fingerprint density at radius 3 is 2.69 bits per heavy atom. The summed E-state index contributed by atoms with van der Waals surface area (Å²) in [5.41, 5.74) is 1.66. The van der Waals surface area contributed by atoms with E-state index in [9.17, 15) is 14.0 Å². The Balaban J connectivity index is 1.64. The van der Waals surface area contributed by atoms with Crippen molar-refractivity contribution in [2.24, 2.45) is 0 Å². The van der Waals surface area contributed by atoms with E-state index in [-0.39, 0.29) is 23.3 Å². The number of benzene rings is 2. The maximum atomic E-state index is 13.0. The fraction of sp³-hybridized carbons (Fsp3) is 0.118. The molecule has 0 unspecified atom stereocenters. The number of carbonyl (C=O) groups is 2. The van der Waals surface area contributed by atoms with Crippen molar-refractivity contribution in [3.8, 4) is 5.69 Å². The second-order valence-corrected chi connectivity index (χ2v) is 6.27. The number of hydrogen-bond donors (Lipinski definition) is 1. The maximum Gasteiger partial charge on any atom is 0.234 e. The number of nitrogens with one attached hydrogen (secondary N) is 1.